The van der Waals surface area contributed by atoms with Crippen LogP contribution in [0.25, 0.3) is 0 Å². The summed E-state index contributed by atoms with van der Waals surface area (Å²) in [5.74, 6) is 5.21. The smallest absolute Gasteiger partial charge is 0.0489 e. The Kier molecular flexibility index (Phi) is 4.21. The van der Waals surface area contributed by atoms with Crippen molar-refractivity contribution >= 4 is 23.5 Å². The van der Waals surface area contributed by atoms with Gasteiger partial charge in [0.25, 0.3) is 0 Å². The molecule has 3 nitrogen and oxygen atoms in total. The molecule has 1 aliphatic carbocycles. The van der Waals surface area contributed by atoms with E-state index in [4.69, 9.17) is 0 Å². The Balaban J connectivity index is 1.47. The lowest BCUT2D eigenvalue weighted by Crippen LogP contribution is -2.38. The molecule has 5 heteroatoms. The highest BCUT2D eigenvalue weighted by Crippen LogP contribution is 2.46. The minimum Gasteiger partial charge on any atom is -0.312 e. The van der Waals surface area contributed by atoms with E-state index in [1.165, 1.54) is 42.4 Å². The van der Waals surface area contributed by atoms with Crippen LogP contribution in [0.2, 0.25) is 0 Å². The van der Waals surface area contributed by atoms with Crippen LogP contribution in [-0.4, -0.2) is 45.4 Å². The molecule has 3 rings (SSSR count). The van der Waals surface area contributed by atoms with Crippen LogP contribution in [0.3, 0.4) is 0 Å². The molecule has 0 atom stereocenters. The van der Waals surface area contributed by atoms with Crippen LogP contribution < -0.4 is 5.32 Å². The molecule has 1 aliphatic heterocycles. The minimum atomic E-state index is 0.494. The van der Waals surface area contributed by atoms with Gasteiger partial charge >= 0.3 is 0 Å². The molecule has 1 saturated carbocycles. The number of thioether (sulfide) groups is 2. The van der Waals surface area contributed by atoms with Crippen molar-refractivity contribution < 1.29 is 0 Å². The highest BCUT2D eigenvalue weighted by atomic mass is 32.2. The summed E-state index contributed by atoms with van der Waals surface area (Å²) >= 11 is 4.20. The molecule has 0 radical (unpaired) electrons. The normalized spacial score (nSPS) is 23.8. The Hall–Kier alpha value is -0.130. The summed E-state index contributed by atoms with van der Waals surface area (Å²) in [6.07, 6.45) is 6.67. The zero-order chi connectivity index (χ0) is 12.3. The highest BCUT2D eigenvalue weighted by Gasteiger charge is 2.43. The van der Waals surface area contributed by atoms with Gasteiger partial charge in [0, 0.05) is 60.0 Å². The van der Waals surface area contributed by atoms with E-state index in [0.717, 1.165) is 6.54 Å². The molecule has 0 spiro atoms. The van der Waals surface area contributed by atoms with Gasteiger partial charge in [-0.25, -0.2) is 0 Å². The number of nitrogens with one attached hydrogen (secondary N) is 1. The molecule has 2 heterocycles. The van der Waals surface area contributed by atoms with Gasteiger partial charge in [0.15, 0.2) is 0 Å². The van der Waals surface area contributed by atoms with Crippen LogP contribution in [0.1, 0.15) is 12.8 Å². The maximum Gasteiger partial charge on any atom is 0.0489 e. The molecule has 1 aromatic rings. The first-order valence-electron chi connectivity index (χ1n) is 6.73. The van der Waals surface area contributed by atoms with Crippen molar-refractivity contribution in [3.63, 3.8) is 0 Å². The lowest BCUT2D eigenvalue weighted by Gasteiger charge is -2.21. The van der Waals surface area contributed by atoms with Gasteiger partial charge < -0.3 is 5.32 Å². The van der Waals surface area contributed by atoms with Gasteiger partial charge in [-0.1, -0.05) is 0 Å². The molecular weight excluding hydrogens is 262 g/mol. The number of aromatic nitrogens is 2. The van der Waals surface area contributed by atoms with E-state index in [2.05, 4.69) is 44.8 Å². The quantitative estimate of drug-likeness (QED) is 0.896. The molecular formula is C13H21N3S2. The third kappa shape index (κ3) is 3.45. The van der Waals surface area contributed by atoms with Crippen molar-refractivity contribution in [3.8, 4) is 0 Å². The minimum absolute atomic E-state index is 0.494. The van der Waals surface area contributed by atoms with Crippen molar-refractivity contribution in [2.75, 3.05) is 29.6 Å². The van der Waals surface area contributed by atoms with Crippen molar-refractivity contribution in [2.45, 2.75) is 25.4 Å². The fourth-order valence-electron chi connectivity index (χ4n) is 2.40. The van der Waals surface area contributed by atoms with Crippen LogP contribution in [-0.2, 0) is 6.54 Å². The zero-order valence-electron chi connectivity index (χ0n) is 10.7. The van der Waals surface area contributed by atoms with E-state index in [9.17, 15) is 0 Å². The van der Waals surface area contributed by atoms with E-state index in [1.54, 1.807) is 0 Å². The maximum absolute atomic E-state index is 4.33. The fraction of sp³-hybridized carbons (Fsp3) is 0.769. The molecule has 2 aliphatic rings. The topological polar surface area (TPSA) is 29.9 Å². The van der Waals surface area contributed by atoms with Crippen molar-refractivity contribution in [1.82, 2.24) is 15.1 Å². The standard InChI is InChI=1S/C13H21N3S2/c1-4-15-16(5-1)11-13(2-3-13)10-14-12-8-17-6-7-18-9-12/h1,4-5,12,14H,2-3,6-11H2. The van der Waals surface area contributed by atoms with Gasteiger partial charge in [-0.15, -0.1) is 0 Å². The fourth-order valence-corrected chi connectivity index (χ4v) is 4.87. The summed E-state index contributed by atoms with van der Waals surface area (Å²) in [5.41, 5.74) is 0.494. The van der Waals surface area contributed by atoms with Crippen LogP contribution in [0.5, 0.6) is 0 Å². The Bertz CT molecular complexity index is 354. The number of hydrogen-bond acceptors (Lipinski definition) is 4. The molecule has 0 amide bonds. The number of nitrogens with zero attached hydrogens (tertiary/aromatic N) is 2. The molecule has 1 aromatic heterocycles. The largest absolute Gasteiger partial charge is 0.312 e. The predicted octanol–water partition coefficient (Wildman–Crippen LogP) is 2.10. The summed E-state index contributed by atoms with van der Waals surface area (Å²) in [6.45, 7) is 2.25. The van der Waals surface area contributed by atoms with Crippen LogP contribution in [0.15, 0.2) is 18.5 Å². The van der Waals surface area contributed by atoms with Gasteiger partial charge in [-0.05, 0) is 18.9 Å². The molecule has 1 N–H and O–H groups in total. The van der Waals surface area contributed by atoms with Crippen LogP contribution in [0, 0.1) is 5.41 Å². The van der Waals surface area contributed by atoms with E-state index < -0.39 is 0 Å². The van der Waals surface area contributed by atoms with Crippen molar-refractivity contribution in [2.24, 2.45) is 5.41 Å². The molecule has 18 heavy (non-hydrogen) atoms. The van der Waals surface area contributed by atoms with Gasteiger partial charge in [-0.3, -0.25) is 4.68 Å². The first-order chi connectivity index (χ1) is 8.86. The second kappa shape index (κ2) is 5.88. The molecule has 2 fully saturated rings. The van der Waals surface area contributed by atoms with Gasteiger partial charge in [-0.2, -0.15) is 28.6 Å². The first kappa shape index (κ1) is 12.9. The highest BCUT2D eigenvalue weighted by molar-refractivity contribution is 8.03. The van der Waals surface area contributed by atoms with Crippen LogP contribution >= 0.6 is 23.5 Å². The van der Waals surface area contributed by atoms with Gasteiger partial charge in [0.1, 0.15) is 0 Å². The summed E-state index contributed by atoms with van der Waals surface area (Å²) in [5, 5.41) is 8.13. The molecule has 0 unspecified atom stereocenters. The molecule has 100 valence electrons. The van der Waals surface area contributed by atoms with Crippen molar-refractivity contribution in [1.29, 1.82) is 0 Å². The first-order valence-corrected chi connectivity index (χ1v) is 9.04. The van der Waals surface area contributed by atoms with Gasteiger partial charge in [0.2, 0.25) is 0 Å². The van der Waals surface area contributed by atoms with Gasteiger partial charge in [0.05, 0.1) is 0 Å². The summed E-state index contributed by atoms with van der Waals surface area (Å²) in [6, 6.07) is 2.72. The summed E-state index contributed by atoms with van der Waals surface area (Å²) in [4.78, 5) is 0. The molecule has 0 aromatic carbocycles. The lowest BCUT2D eigenvalue weighted by molar-refractivity contribution is 0.363. The Morgan fingerprint density at radius 2 is 2.06 bits per heavy atom. The lowest BCUT2D eigenvalue weighted by atomic mass is 10.1. The van der Waals surface area contributed by atoms with E-state index >= 15 is 0 Å². The SMILES string of the molecule is c1cnn(CC2(CNC3CSCCSC3)CC2)c1. The average molecular weight is 283 g/mol. The van der Waals surface area contributed by atoms with E-state index in [-0.39, 0.29) is 0 Å². The summed E-state index contributed by atoms with van der Waals surface area (Å²) < 4.78 is 2.09. The molecule has 1 saturated heterocycles. The zero-order valence-corrected chi connectivity index (χ0v) is 12.3. The third-order valence-electron chi connectivity index (χ3n) is 3.79. The third-order valence-corrected chi connectivity index (χ3v) is 6.31. The molecule has 0 bridgehead atoms. The second-order valence-electron chi connectivity index (χ2n) is 5.43. The van der Waals surface area contributed by atoms with Crippen LogP contribution in [0.4, 0.5) is 0 Å². The predicted molar refractivity (Wildman–Crippen MR) is 80.3 cm³/mol. The maximum atomic E-state index is 4.33. The Morgan fingerprint density at radius 3 is 2.67 bits per heavy atom. The Morgan fingerprint density at radius 1 is 1.28 bits per heavy atom. The monoisotopic (exact) mass is 283 g/mol. The second-order valence-corrected chi connectivity index (χ2v) is 7.73. The van der Waals surface area contributed by atoms with Crippen molar-refractivity contribution in [3.05, 3.63) is 18.5 Å². The van der Waals surface area contributed by atoms with E-state index in [1.807, 2.05) is 12.3 Å². The Labute approximate surface area is 117 Å². The summed E-state index contributed by atoms with van der Waals surface area (Å²) in [7, 11) is 0. The average Bonchev–Trinajstić information content (AvgIpc) is 3.04. The van der Waals surface area contributed by atoms with E-state index in [0.29, 0.717) is 11.5 Å². The number of rotatable bonds is 5. The number of hydrogen-bond donors (Lipinski definition) is 1.